The highest BCUT2D eigenvalue weighted by Gasteiger charge is 2.50. The molecule has 0 bridgehead atoms. The first-order valence-electron chi connectivity index (χ1n) is 18.0. The summed E-state index contributed by atoms with van der Waals surface area (Å²) in [5, 5.41) is 0. The molecule has 1 aliphatic heterocycles. The van der Waals surface area contributed by atoms with Crippen molar-refractivity contribution in [3.8, 4) is 56.2 Å². The lowest BCUT2D eigenvalue weighted by Crippen LogP contribution is -2.32. The Labute approximate surface area is 313 Å². The summed E-state index contributed by atoms with van der Waals surface area (Å²) in [6, 6.07) is 52.8. The van der Waals surface area contributed by atoms with E-state index < -0.39 is 5.41 Å². The molecule has 0 fully saturated rings. The van der Waals surface area contributed by atoms with Gasteiger partial charge in [0.05, 0.1) is 5.41 Å². The molecule has 10 rings (SSSR count). The van der Waals surface area contributed by atoms with Crippen molar-refractivity contribution in [3.05, 3.63) is 191 Å². The summed E-state index contributed by atoms with van der Waals surface area (Å²) in [7, 11) is 0. The van der Waals surface area contributed by atoms with Crippen LogP contribution in [0.5, 0.6) is 0 Å². The predicted molar refractivity (Wildman–Crippen MR) is 215 cm³/mol. The first-order chi connectivity index (χ1) is 26.0. The smallest absolute Gasteiger partial charge is 0.163 e. The van der Waals surface area contributed by atoms with Gasteiger partial charge in [-0.05, 0) is 101 Å². The van der Waals surface area contributed by atoms with Gasteiger partial charge in [0.1, 0.15) is 5.82 Å². The maximum atomic E-state index is 5.10. The minimum absolute atomic E-state index is 0.518. The third-order valence-electron chi connectivity index (χ3n) is 10.7. The Balaban J connectivity index is 1.15. The second-order valence-corrected chi connectivity index (χ2v) is 15.1. The minimum Gasteiger partial charge on any atom is -0.261 e. The molecule has 1 aliphatic carbocycles. The van der Waals surface area contributed by atoms with Crippen LogP contribution >= 0.6 is 11.8 Å². The number of hydrogen-bond donors (Lipinski definition) is 0. The fourth-order valence-electron chi connectivity index (χ4n) is 8.32. The van der Waals surface area contributed by atoms with Crippen molar-refractivity contribution in [1.29, 1.82) is 0 Å². The van der Waals surface area contributed by atoms with E-state index in [0.29, 0.717) is 17.5 Å². The van der Waals surface area contributed by atoms with Crippen molar-refractivity contribution in [2.45, 2.75) is 36.0 Å². The third kappa shape index (κ3) is 4.99. The van der Waals surface area contributed by atoms with E-state index in [2.05, 4.69) is 153 Å². The Hall–Kier alpha value is -6.17. The highest BCUT2D eigenvalue weighted by Crippen LogP contribution is 2.62. The Morgan fingerprint density at radius 1 is 0.434 bits per heavy atom. The lowest BCUT2D eigenvalue weighted by atomic mass is 9.67. The Bertz CT molecular complexity index is 2740. The van der Waals surface area contributed by atoms with E-state index in [1.165, 1.54) is 59.9 Å². The fraction of sp³-hybridized carbons (Fsp3) is 0.0833. The van der Waals surface area contributed by atoms with Gasteiger partial charge in [-0.25, -0.2) is 15.0 Å². The standard InChI is InChI=1S/C48H34N4S/c1-29-25-39(30(2)49-28-29)35-22-24-42-45(27-35)53-44-16-10-9-15-41(44)48(42)40-14-8-7-13-37(40)38-23-21-36(26-43(38)48)47-51-31(3)50-46(52-47)34-19-17-33(18-20-34)32-11-5-4-6-12-32/h4-28H,1-3H3. The van der Waals surface area contributed by atoms with Crippen LogP contribution in [-0.4, -0.2) is 19.9 Å². The van der Waals surface area contributed by atoms with Crippen LogP contribution < -0.4 is 0 Å². The first kappa shape index (κ1) is 31.6. The van der Waals surface area contributed by atoms with Crippen LogP contribution in [0.1, 0.15) is 39.3 Å². The van der Waals surface area contributed by atoms with Crippen molar-refractivity contribution in [3.63, 3.8) is 0 Å². The lowest BCUT2D eigenvalue weighted by molar-refractivity contribution is 0.722. The minimum atomic E-state index is -0.518. The highest BCUT2D eigenvalue weighted by atomic mass is 32.2. The first-order valence-corrected chi connectivity index (χ1v) is 18.8. The molecule has 3 heterocycles. The normalized spacial score (nSPS) is 15.1. The van der Waals surface area contributed by atoms with Gasteiger partial charge in [-0.15, -0.1) is 0 Å². The van der Waals surface area contributed by atoms with Crippen LogP contribution in [0.2, 0.25) is 0 Å². The van der Waals surface area contributed by atoms with Crippen LogP contribution in [0.3, 0.4) is 0 Å². The number of nitrogens with zero attached hydrogens (tertiary/aromatic N) is 4. The van der Waals surface area contributed by atoms with Crippen molar-refractivity contribution in [2.24, 2.45) is 0 Å². The van der Waals surface area contributed by atoms with Gasteiger partial charge in [0, 0.05) is 38.4 Å². The van der Waals surface area contributed by atoms with Crippen molar-refractivity contribution >= 4 is 11.8 Å². The molecule has 2 aliphatic rings. The summed E-state index contributed by atoms with van der Waals surface area (Å²) in [6.45, 7) is 6.15. The molecule has 1 atom stereocenters. The molecule has 4 nitrogen and oxygen atoms in total. The quantitative estimate of drug-likeness (QED) is 0.183. The lowest BCUT2D eigenvalue weighted by Gasteiger charge is -2.40. The van der Waals surface area contributed by atoms with E-state index in [4.69, 9.17) is 19.9 Å². The average molecular weight is 699 g/mol. The third-order valence-corrected chi connectivity index (χ3v) is 11.9. The molecular weight excluding hydrogens is 665 g/mol. The number of rotatable bonds is 4. The Morgan fingerprint density at radius 3 is 1.89 bits per heavy atom. The van der Waals surface area contributed by atoms with E-state index in [0.717, 1.165) is 27.9 Å². The van der Waals surface area contributed by atoms with Crippen molar-refractivity contribution in [2.75, 3.05) is 0 Å². The zero-order valence-corrected chi connectivity index (χ0v) is 30.4. The Morgan fingerprint density at radius 2 is 1.06 bits per heavy atom. The maximum Gasteiger partial charge on any atom is 0.163 e. The molecule has 2 aromatic heterocycles. The van der Waals surface area contributed by atoms with Gasteiger partial charge < -0.3 is 0 Å². The van der Waals surface area contributed by atoms with Gasteiger partial charge in [0.15, 0.2) is 11.6 Å². The fourth-order valence-corrected chi connectivity index (χ4v) is 9.56. The average Bonchev–Trinajstić information content (AvgIpc) is 3.49. The number of fused-ring (bicyclic) bond motifs is 9. The summed E-state index contributed by atoms with van der Waals surface area (Å²) in [4.78, 5) is 22.0. The molecule has 6 aromatic carbocycles. The SMILES string of the molecule is Cc1cnc(C)c(-c2ccc3c(c2)Sc2ccccc2C32c3ccccc3-c3ccc(-c4nc(C)nc(-c5ccc(-c6ccccc6)cc5)n4)cc32)c1. The van der Waals surface area contributed by atoms with Crippen LogP contribution in [0, 0.1) is 20.8 Å². The molecule has 0 amide bonds. The molecule has 0 saturated carbocycles. The Kier molecular flexibility index (Phi) is 7.27. The second-order valence-electron chi connectivity index (χ2n) is 14.0. The molecule has 0 N–H and O–H groups in total. The van der Waals surface area contributed by atoms with E-state index >= 15 is 0 Å². The number of pyridine rings is 1. The van der Waals surface area contributed by atoms with E-state index in [1.807, 2.05) is 30.9 Å². The molecule has 252 valence electrons. The zero-order chi connectivity index (χ0) is 35.7. The van der Waals surface area contributed by atoms with Gasteiger partial charge in [-0.3, -0.25) is 4.98 Å². The largest absolute Gasteiger partial charge is 0.261 e. The molecular formula is C48H34N4S. The molecule has 1 spiro atoms. The van der Waals surface area contributed by atoms with Gasteiger partial charge >= 0.3 is 0 Å². The van der Waals surface area contributed by atoms with Gasteiger partial charge in [-0.1, -0.05) is 133 Å². The summed E-state index contributed by atoms with van der Waals surface area (Å²) >= 11 is 1.86. The number of aryl methyl sites for hydroxylation is 3. The summed E-state index contributed by atoms with van der Waals surface area (Å²) in [6.07, 6.45) is 1.94. The molecule has 0 radical (unpaired) electrons. The van der Waals surface area contributed by atoms with Crippen molar-refractivity contribution in [1.82, 2.24) is 19.9 Å². The molecule has 0 saturated heterocycles. The van der Waals surface area contributed by atoms with Crippen LogP contribution in [0.4, 0.5) is 0 Å². The molecule has 8 aromatic rings. The van der Waals surface area contributed by atoms with Crippen molar-refractivity contribution < 1.29 is 0 Å². The number of benzene rings is 6. The summed E-state index contributed by atoms with van der Waals surface area (Å²) in [5.74, 6) is 2.03. The topological polar surface area (TPSA) is 51.6 Å². The van der Waals surface area contributed by atoms with Crippen LogP contribution in [0.15, 0.2) is 162 Å². The van der Waals surface area contributed by atoms with E-state index in [-0.39, 0.29) is 0 Å². The predicted octanol–water partition coefficient (Wildman–Crippen LogP) is 11.7. The second kappa shape index (κ2) is 12.2. The number of aromatic nitrogens is 4. The molecule has 1 unspecified atom stereocenters. The van der Waals surface area contributed by atoms with Gasteiger partial charge in [-0.2, -0.15) is 0 Å². The van der Waals surface area contributed by atoms with Gasteiger partial charge in [0.2, 0.25) is 0 Å². The summed E-state index contributed by atoms with van der Waals surface area (Å²) in [5.41, 5.74) is 15.9. The number of hydrogen-bond acceptors (Lipinski definition) is 5. The maximum absolute atomic E-state index is 5.10. The van der Waals surface area contributed by atoms with E-state index in [1.54, 1.807) is 0 Å². The van der Waals surface area contributed by atoms with Crippen LogP contribution in [0.25, 0.3) is 56.2 Å². The van der Waals surface area contributed by atoms with E-state index in [9.17, 15) is 0 Å². The monoisotopic (exact) mass is 698 g/mol. The molecule has 5 heteroatoms. The molecule has 53 heavy (non-hydrogen) atoms. The summed E-state index contributed by atoms with van der Waals surface area (Å²) < 4.78 is 0. The van der Waals surface area contributed by atoms with Gasteiger partial charge in [0.25, 0.3) is 0 Å². The van der Waals surface area contributed by atoms with Crippen LogP contribution in [-0.2, 0) is 5.41 Å². The highest BCUT2D eigenvalue weighted by molar-refractivity contribution is 7.99. The zero-order valence-electron chi connectivity index (χ0n) is 29.6.